The molecule has 23 heavy (non-hydrogen) atoms. The van der Waals surface area contributed by atoms with Gasteiger partial charge in [0.15, 0.2) is 5.69 Å². The van der Waals surface area contributed by atoms with Crippen molar-refractivity contribution in [3.05, 3.63) is 47.5 Å². The third-order valence-corrected chi connectivity index (χ3v) is 3.77. The summed E-state index contributed by atoms with van der Waals surface area (Å²) in [6.45, 7) is 0.787. The minimum atomic E-state index is -0.300. The van der Waals surface area contributed by atoms with E-state index in [4.69, 9.17) is 5.73 Å². The normalized spacial score (nSPS) is 14.9. The molecule has 124 valence electrons. The standard InChI is InChI=1S/C15H18FN5O.ClH/c16-12-3-1-2-10(6-12)8-21-9-14(19-20-21)15(22)18-13(7-17)11-4-5-11;/h1-3,6,9,11,13H,4-5,7-8,17H2,(H,18,22);1H. The van der Waals surface area contributed by atoms with E-state index in [2.05, 4.69) is 15.6 Å². The molecule has 8 heteroatoms. The maximum Gasteiger partial charge on any atom is 0.273 e. The molecule has 0 radical (unpaired) electrons. The number of carbonyl (C=O) groups excluding carboxylic acids is 1. The van der Waals surface area contributed by atoms with Gasteiger partial charge in [0.2, 0.25) is 0 Å². The second-order valence-electron chi connectivity index (χ2n) is 5.58. The molecule has 1 heterocycles. The van der Waals surface area contributed by atoms with Gasteiger partial charge >= 0.3 is 0 Å². The first-order valence-corrected chi connectivity index (χ1v) is 7.31. The van der Waals surface area contributed by atoms with Crippen molar-refractivity contribution >= 4 is 18.3 Å². The van der Waals surface area contributed by atoms with E-state index in [0.29, 0.717) is 19.0 Å². The summed E-state index contributed by atoms with van der Waals surface area (Å²) in [6.07, 6.45) is 3.77. The Bertz CT molecular complexity index is 673. The van der Waals surface area contributed by atoms with Gasteiger partial charge in [0.25, 0.3) is 5.91 Å². The largest absolute Gasteiger partial charge is 0.346 e. The minimum absolute atomic E-state index is 0. The summed E-state index contributed by atoms with van der Waals surface area (Å²) >= 11 is 0. The summed E-state index contributed by atoms with van der Waals surface area (Å²) < 4.78 is 14.7. The van der Waals surface area contributed by atoms with E-state index in [0.717, 1.165) is 18.4 Å². The van der Waals surface area contributed by atoms with Gasteiger partial charge in [0.05, 0.1) is 12.7 Å². The first-order chi connectivity index (χ1) is 10.7. The van der Waals surface area contributed by atoms with E-state index < -0.39 is 0 Å². The van der Waals surface area contributed by atoms with E-state index in [1.807, 2.05) is 0 Å². The Morgan fingerprint density at radius 1 is 1.48 bits per heavy atom. The Kier molecular flexibility index (Phi) is 5.68. The van der Waals surface area contributed by atoms with Crippen molar-refractivity contribution in [2.75, 3.05) is 6.54 Å². The summed E-state index contributed by atoms with van der Waals surface area (Å²) in [4.78, 5) is 12.1. The van der Waals surface area contributed by atoms with Gasteiger partial charge in [0, 0.05) is 12.6 Å². The number of hydrogen-bond donors (Lipinski definition) is 2. The lowest BCUT2D eigenvalue weighted by Crippen LogP contribution is -2.41. The average Bonchev–Trinajstić information content (AvgIpc) is 3.24. The van der Waals surface area contributed by atoms with Crippen molar-refractivity contribution in [2.45, 2.75) is 25.4 Å². The second-order valence-corrected chi connectivity index (χ2v) is 5.58. The third-order valence-electron chi connectivity index (χ3n) is 3.77. The molecule has 0 saturated heterocycles. The Morgan fingerprint density at radius 3 is 2.91 bits per heavy atom. The highest BCUT2D eigenvalue weighted by atomic mass is 35.5. The van der Waals surface area contributed by atoms with E-state index in [-0.39, 0.29) is 35.9 Å². The van der Waals surface area contributed by atoms with Crippen molar-refractivity contribution in [3.8, 4) is 0 Å². The molecule has 1 aromatic carbocycles. The summed E-state index contributed by atoms with van der Waals surface area (Å²) in [5.41, 5.74) is 6.67. The molecule has 6 nitrogen and oxygen atoms in total. The first-order valence-electron chi connectivity index (χ1n) is 7.31. The Hall–Kier alpha value is -1.99. The van der Waals surface area contributed by atoms with E-state index >= 15 is 0 Å². The van der Waals surface area contributed by atoms with Crippen molar-refractivity contribution < 1.29 is 9.18 Å². The predicted octanol–water partition coefficient (Wildman–Crippen LogP) is 1.35. The molecule has 1 saturated carbocycles. The molecule has 1 amide bonds. The summed E-state index contributed by atoms with van der Waals surface area (Å²) in [5.74, 6) is -0.0880. The van der Waals surface area contributed by atoms with Crippen molar-refractivity contribution in [1.29, 1.82) is 0 Å². The zero-order chi connectivity index (χ0) is 15.5. The monoisotopic (exact) mass is 339 g/mol. The van der Waals surface area contributed by atoms with Crippen LogP contribution in [0.2, 0.25) is 0 Å². The van der Waals surface area contributed by atoms with Gasteiger partial charge in [-0.3, -0.25) is 4.79 Å². The van der Waals surface area contributed by atoms with Crippen LogP contribution in [0.25, 0.3) is 0 Å². The van der Waals surface area contributed by atoms with E-state index in [1.165, 1.54) is 16.8 Å². The SMILES string of the molecule is Cl.NCC(NC(=O)c1cn(Cc2cccc(F)c2)nn1)C1CC1. The number of aromatic nitrogens is 3. The fourth-order valence-electron chi connectivity index (χ4n) is 2.41. The van der Waals surface area contributed by atoms with E-state index in [9.17, 15) is 9.18 Å². The molecular formula is C15H19ClFN5O. The summed E-state index contributed by atoms with van der Waals surface area (Å²) in [5, 5.41) is 10.7. The molecule has 3 rings (SSSR count). The lowest BCUT2D eigenvalue weighted by molar-refractivity contribution is 0.0928. The lowest BCUT2D eigenvalue weighted by Gasteiger charge is -2.14. The highest BCUT2D eigenvalue weighted by molar-refractivity contribution is 5.92. The van der Waals surface area contributed by atoms with Crippen molar-refractivity contribution in [2.24, 2.45) is 11.7 Å². The molecule has 0 aliphatic heterocycles. The number of amides is 1. The molecule has 0 bridgehead atoms. The number of carbonyl (C=O) groups is 1. The molecule has 3 N–H and O–H groups in total. The van der Waals surface area contributed by atoms with Gasteiger partial charge in [-0.2, -0.15) is 0 Å². The summed E-state index contributed by atoms with van der Waals surface area (Å²) in [7, 11) is 0. The fourth-order valence-corrected chi connectivity index (χ4v) is 2.41. The van der Waals surface area contributed by atoms with Crippen LogP contribution in [0.5, 0.6) is 0 Å². The molecule has 2 aromatic rings. The average molecular weight is 340 g/mol. The first kappa shape index (κ1) is 17.4. The van der Waals surface area contributed by atoms with Gasteiger partial charge in [-0.05, 0) is 36.5 Å². The lowest BCUT2D eigenvalue weighted by atomic mass is 10.2. The quantitative estimate of drug-likeness (QED) is 0.832. The molecule has 1 aliphatic carbocycles. The van der Waals surface area contributed by atoms with Gasteiger partial charge in [0.1, 0.15) is 5.82 Å². The molecule has 1 unspecified atom stereocenters. The maximum absolute atomic E-state index is 13.1. The Balaban J connectivity index is 0.00000192. The van der Waals surface area contributed by atoms with Crippen LogP contribution in [0.4, 0.5) is 4.39 Å². The smallest absolute Gasteiger partial charge is 0.273 e. The van der Waals surface area contributed by atoms with Crippen LogP contribution in [0.3, 0.4) is 0 Å². The Morgan fingerprint density at radius 2 is 2.26 bits per heavy atom. The number of nitrogens with two attached hydrogens (primary N) is 1. The van der Waals surface area contributed by atoms with Gasteiger partial charge in [-0.15, -0.1) is 17.5 Å². The summed E-state index contributed by atoms with van der Waals surface area (Å²) in [6, 6.07) is 6.24. The van der Waals surface area contributed by atoms with Crippen LogP contribution in [-0.2, 0) is 6.54 Å². The zero-order valence-electron chi connectivity index (χ0n) is 12.5. The highest BCUT2D eigenvalue weighted by Gasteiger charge is 2.31. The van der Waals surface area contributed by atoms with Gasteiger partial charge in [-0.25, -0.2) is 9.07 Å². The van der Waals surface area contributed by atoms with Gasteiger partial charge in [-0.1, -0.05) is 17.3 Å². The number of nitrogens with one attached hydrogen (secondary N) is 1. The van der Waals surface area contributed by atoms with Gasteiger partial charge < -0.3 is 11.1 Å². The fraction of sp³-hybridized carbons (Fsp3) is 0.400. The van der Waals surface area contributed by atoms with Crippen LogP contribution in [0, 0.1) is 11.7 Å². The maximum atomic E-state index is 13.1. The highest BCUT2D eigenvalue weighted by Crippen LogP contribution is 2.32. The molecule has 1 aliphatic rings. The topological polar surface area (TPSA) is 85.8 Å². The van der Waals surface area contributed by atoms with Crippen LogP contribution in [0.15, 0.2) is 30.5 Å². The van der Waals surface area contributed by atoms with Crippen LogP contribution in [0.1, 0.15) is 28.9 Å². The number of hydrogen-bond acceptors (Lipinski definition) is 4. The molecule has 0 spiro atoms. The number of halogens is 2. The van der Waals surface area contributed by atoms with Crippen molar-refractivity contribution in [3.63, 3.8) is 0 Å². The molecule has 1 fully saturated rings. The van der Waals surface area contributed by atoms with Crippen molar-refractivity contribution in [1.82, 2.24) is 20.3 Å². The molecule has 1 atom stereocenters. The number of rotatable bonds is 6. The molecule has 1 aromatic heterocycles. The zero-order valence-corrected chi connectivity index (χ0v) is 13.3. The number of benzene rings is 1. The third kappa shape index (κ3) is 4.49. The Labute approximate surface area is 139 Å². The van der Waals surface area contributed by atoms with Crippen LogP contribution in [-0.4, -0.2) is 33.5 Å². The van der Waals surface area contributed by atoms with Crippen LogP contribution >= 0.6 is 12.4 Å². The van der Waals surface area contributed by atoms with E-state index in [1.54, 1.807) is 18.3 Å². The molecular weight excluding hydrogens is 321 g/mol. The predicted molar refractivity (Wildman–Crippen MR) is 85.8 cm³/mol. The number of nitrogens with zero attached hydrogens (tertiary/aromatic N) is 3. The minimum Gasteiger partial charge on any atom is -0.346 e. The van der Waals surface area contributed by atoms with Crippen LogP contribution < -0.4 is 11.1 Å². The second kappa shape index (κ2) is 7.52.